The van der Waals surface area contributed by atoms with Crippen LogP contribution in [0.15, 0.2) is 0 Å². The molecule has 0 spiro atoms. The first-order valence-corrected chi connectivity index (χ1v) is 4.82. The molecule has 5 heteroatoms. The van der Waals surface area contributed by atoms with Gasteiger partial charge in [-0.3, -0.25) is 4.79 Å². The third-order valence-electron chi connectivity index (χ3n) is 2.45. The predicted octanol–water partition coefficient (Wildman–Crippen LogP) is 1.58. The van der Waals surface area contributed by atoms with Gasteiger partial charge in [0.15, 0.2) is 0 Å². The van der Waals surface area contributed by atoms with E-state index in [4.69, 9.17) is 5.11 Å². The number of alkyl halides is 2. The van der Waals surface area contributed by atoms with Gasteiger partial charge >= 0.3 is 5.97 Å². The fourth-order valence-corrected chi connectivity index (χ4v) is 1.56. The second-order valence-electron chi connectivity index (χ2n) is 3.69. The van der Waals surface area contributed by atoms with Gasteiger partial charge in [-0.25, -0.2) is 8.78 Å². The summed E-state index contributed by atoms with van der Waals surface area (Å²) in [6, 6.07) is 0. The highest BCUT2D eigenvalue weighted by molar-refractivity contribution is 5.66. The Morgan fingerprint density at radius 3 is 2.43 bits per heavy atom. The zero-order valence-electron chi connectivity index (χ0n) is 8.01. The predicted molar refractivity (Wildman–Crippen MR) is 47.5 cm³/mol. The number of carboxylic acids is 1. The Labute approximate surface area is 81.7 Å². The molecule has 1 aliphatic rings. The van der Waals surface area contributed by atoms with Crippen molar-refractivity contribution in [1.82, 2.24) is 4.90 Å². The molecular formula is C9H15F2NO2. The summed E-state index contributed by atoms with van der Waals surface area (Å²) in [6.45, 7) is 1.38. The van der Waals surface area contributed by atoms with Gasteiger partial charge in [0.2, 0.25) is 0 Å². The van der Waals surface area contributed by atoms with Crippen molar-refractivity contribution in [2.75, 3.05) is 19.6 Å². The van der Waals surface area contributed by atoms with Crippen molar-refractivity contribution in [3.63, 3.8) is 0 Å². The minimum Gasteiger partial charge on any atom is -0.481 e. The average molecular weight is 207 g/mol. The van der Waals surface area contributed by atoms with Crippen LogP contribution in [0.25, 0.3) is 0 Å². The van der Waals surface area contributed by atoms with Crippen molar-refractivity contribution >= 4 is 5.97 Å². The molecular weight excluding hydrogens is 192 g/mol. The minimum absolute atomic E-state index is 0.0972. The van der Waals surface area contributed by atoms with E-state index in [0.29, 0.717) is 26.1 Å². The summed E-state index contributed by atoms with van der Waals surface area (Å²) in [6.07, 6.45) is 0.466. The number of carboxylic acid groups (broad SMARTS) is 1. The number of rotatable bonds is 4. The molecule has 0 atom stereocenters. The van der Waals surface area contributed by atoms with Crippen LogP contribution in [0, 0.1) is 0 Å². The summed E-state index contributed by atoms with van der Waals surface area (Å²) >= 11 is 0. The molecule has 1 heterocycles. The van der Waals surface area contributed by atoms with E-state index in [2.05, 4.69) is 0 Å². The fraction of sp³-hybridized carbons (Fsp3) is 0.889. The van der Waals surface area contributed by atoms with Crippen LogP contribution in [-0.4, -0.2) is 41.5 Å². The number of carbonyl (C=O) groups is 1. The Morgan fingerprint density at radius 1 is 1.36 bits per heavy atom. The zero-order valence-corrected chi connectivity index (χ0v) is 8.01. The van der Waals surface area contributed by atoms with Crippen molar-refractivity contribution in [1.29, 1.82) is 0 Å². The molecule has 14 heavy (non-hydrogen) atoms. The molecule has 1 saturated heterocycles. The Hall–Kier alpha value is -0.710. The zero-order chi connectivity index (χ0) is 10.6. The molecule has 1 fully saturated rings. The number of aliphatic carboxylic acids is 1. The summed E-state index contributed by atoms with van der Waals surface area (Å²) in [5.74, 6) is -3.34. The fourth-order valence-electron chi connectivity index (χ4n) is 1.56. The summed E-state index contributed by atoms with van der Waals surface area (Å²) in [5.41, 5.74) is 0. The Kier molecular flexibility index (Phi) is 3.80. The number of likely N-dealkylation sites (tertiary alicyclic amines) is 1. The van der Waals surface area contributed by atoms with Crippen LogP contribution in [0.3, 0.4) is 0 Å². The van der Waals surface area contributed by atoms with Gasteiger partial charge in [0, 0.05) is 32.4 Å². The third kappa shape index (κ3) is 4.00. The maximum Gasteiger partial charge on any atom is 0.303 e. The quantitative estimate of drug-likeness (QED) is 0.760. The molecule has 0 aromatic carbocycles. The van der Waals surface area contributed by atoms with Crippen LogP contribution < -0.4 is 0 Å². The standard InChI is InChI=1S/C9H15F2NO2/c10-9(11)3-6-12(7-4-9)5-1-2-8(13)14/h1-7H2,(H,13,14). The van der Waals surface area contributed by atoms with Gasteiger partial charge in [0.1, 0.15) is 0 Å². The van der Waals surface area contributed by atoms with Crippen LogP contribution in [0.4, 0.5) is 8.78 Å². The number of nitrogens with zero attached hydrogens (tertiary/aromatic N) is 1. The normalized spacial score (nSPS) is 22.1. The monoisotopic (exact) mass is 207 g/mol. The first-order valence-electron chi connectivity index (χ1n) is 4.82. The second kappa shape index (κ2) is 4.68. The lowest BCUT2D eigenvalue weighted by Crippen LogP contribution is -2.39. The smallest absolute Gasteiger partial charge is 0.303 e. The average Bonchev–Trinajstić information content (AvgIpc) is 2.07. The largest absolute Gasteiger partial charge is 0.481 e. The van der Waals surface area contributed by atoms with Gasteiger partial charge < -0.3 is 10.0 Å². The highest BCUT2D eigenvalue weighted by atomic mass is 19.3. The van der Waals surface area contributed by atoms with Gasteiger partial charge in [0.05, 0.1) is 0 Å². The van der Waals surface area contributed by atoms with E-state index in [1.165, 1.54) is 0 Å². The SMILES string of the molecule is O=C(O)CCCN1CCC(F)(F)CC1. The highest BCUT2D eigenvalue weighted by Crippen LogP contribution is 2.27. The first-order chi connectivity index (χ1) is 6.49. The molecule has 0 amide bonds. The minimum atomic E-state index is -2.51. The van der Waals surface area contributed by atoms with E-state index < -0.39 is 11.9 Å². The number of piperidine rings is 1. The van der Waals surface area contributed by atoms with E-state index in [9.17, 15) is 13.6 Å². The van der Waals surface area contributed by atoms with E-state index in [1.807, 2.05) is 4.90 Å². The van der Waals surface area contributed by atoms with Crippen LogP contribution in [0.5, 0.6) is 0 Å². The lowest BCUT2D eigenvalue weighted by atomic mass is 10.1. The van der Waals surface area contributed by atoms with Crippen molar-refractivity contribution in [2.24, 2.45) is 0 Å². The molecule has 0 aliphatic carbocycles. The maximum absolute atomic E-state index is 12.7. The molecule has 0 aromatic heterocycles. The molecule has 3 nitrogen and oxygen atoms in total. The molecule has 1 rings (SSSR count). The summed E-state index contributed by atoms with van der Waals surface area (Å²) in [4.78, 5) is 12.1. The lowest BCUT2D eigenvalue weighted by Gasteiger charge is -2.31. The lowest BCUT2D eigenvalue weighted by molar-refractivity contribution is -0.137. The highest BCUT2D eigenvalue weighted by Gasteiger charge is 2.33. The van der Waals surface area contributed by atoms with Gasteiger partial charge in [-0.2, -0.15) is 0 Å². The Balaban J connectivity index is 2.13. The Bertz CT molecular complexity index is 199. The second-order valence-corrected chi connectivity index (χ2v) is 3.69. The number of hydrogen-bond acceptors (Lipinski definition) is 2. The third-order valence-corrected chi connectivity index (χ3v) is 2.45. The first kappa shape index (κ1) is 11.4. The molecule has 1 N–H and O–H groups in total. The van der Waals surface area contributed by atoms with Gasteiger partial charge in [-0.1, -0.05) is 0 Å². The topological polar surface area (TPSA) is 40.5 Å². The summed E-state index contributed by atoms with van der Waals surface area (Å²) in [5, 5.41) is 8.39. The van der Waals surface area contributed by atoms with Crippen molar-refractivity contribution < 1.29 is 18.7 Å². The molecule has 0 unspecified atom stereocenters. The molecule has 0 radical (unpaired) electrons. The maximum atomic E-state index is 12.7. The summed E-state index contributed by atoms with van der Waals surface area (Å²) in [7, 11) is 0. The van der Waals surface area contributed by atoms with Crippen LogP contribution in [0.2, 0.25) is 0 Å². The van der Waals surface area contributed by atoms with Crippen molar-refractivity contribution in [2.45, 2.75) is 31.6 Å². The molecule has 82 valence electrons. The van der Waals surface area contributed by atoms with Gasteiger partial charge in [-0.05, 0) is 13.0 Å². The van der Waals surface area contributed by atoms with Gasteiger partial charge in [-0.15, -0.1) is 0 Å². The van der Waals surface area contributed by atoms with Crippen molar-refractivity contribution in [3.05, 3.63) is 0 Å². The number of halogens is 2. The molecule has 0 aromatic rings. The van der Waals surface area contributed by atoms with E-state index in [0.717, 1.165) is 0 Å². The van der Waals surface area contributed by atoms with Crippen LogP contribution in [-0.2, 0) is 4.79 Å². The Morgan fingerprint density at radius 2 is 1.93 bits per heavy atom. The molecule has 1 aliphatic heterocycles. The molecule has 0 bridgehead atoms. The van der Waals surface area contributed by atoms with E-state index in [1.54, 1.807) is 0 Å². The van der Waals surface area contributed by atoms with Crippen molar-refractivity contribution in [3.8, 4) is 0 Å². The number of hydrogen-bond donors (Lipinski definition) is 1. The van der Waals surface area contributed by atoms with Crippen LogP contribution in [0.1, 0.15) is 25.7 Å². The molecule has 0 saturated carbocycles. The van der Waals surface area contributed by atoms with Crippen LogP contribution >= 0.6 is 0 Å². The van der Waals surface area contributed by atoms with E-state index in [-0.39, 0.29) is 19.3 Å². The summed E-state index contributed by atoms with van der Waals surface area (Å²) < 4.78 is 25.4. The van der Waals surface area contributed by atoms with Gasteiger partial charge in [0.25, 0.3) is 5.92 Å². The van der Waals surface area contributed by atoms with E-state index >= 15 is 0 Å².